The number of carbonyl (C=O) groups excluding carboxylic acids is 1. The lowest BCUT2D eigenvalue weighted by Gasteiger charge is -2.03. The predicted molar refractivity (Wildman–Crippen MR) is 52.4 cm³/mol. The zero-order valence-electron chi connectivity index (χ0n) is 7.73. The molecule has 70 valence electrons. The van der Waals surface area contributed by atoms with E-state index in [1.807, 2.05) is 12.1 Å². The first-order chi connectivity index (χ1) is 6.74. The first-order valence-corrected chi connectivity index (χ1v) is 4.07. The van der Waals surface area contributed by atoms with Gasteiger partial charge in [0.2, 0.25) is 0 Å². The van der Waals surface area contributed by atoms with Gasteiger partial charge >= 0.3 is 5.97 Å². The van der Waals surface area contributed by atoms with Crippen molar-refractivity contribution in [1.82, 2.24) is 0 Å². The van der Waals surface area contributed by atoms with Gasteiger partial charge in [0.1, 0.15) is 5.75 Å². The van der Waals surface area contributed by atoms with Crippen LogP contribution in [-0.2, 0) is 4.79 Å². The molecule has 0 saturated heterocycles. The molecular weight excluding hydrogens is 178 g/mol. The third-order valence-corrected chi connectivity index (χ3v) is 1.51. The van der Waals surface area contributed by atoms with E-state index in [4.69, 9.17) is 10.00 Å². The van der Waals surface area contributed by atoms with E-state index in [1.54, 1.807) is 24.3 Å². The zero-order valence-corrected chi connectivity index (χ0v) is 7.73. The van der Waals surface area contributed by atoms with Gasteiger partial charge in [-0.05, 0) is 12.1 Å². The van der Waals surface area contributed by atoms with Crippen molar-refractivity contribution in [2.45, 2.75) is 6.92 Å². The molecule has 0 unspecified atom stereocenters. The van der Waals surface area contributed by atoms with Crippen LogP contribution in [0.1, 0.15) is 12.5 Å². The number of para-hydroxylation sites is 1. The van der Waals surface area contributed by atoms with Crippen LogP contribution in [-0.4, -0.2) is 5.97 Å². The molecule has 0 bridgehead atoms. The van der Waals surface area contributed by atoms with Crippen molar-refractivity contribution >= 4 is 12.0 Å². The Balaban J connectivity index is 2.98. The van der Waals surface area contributed by atoms with E-state index in [9.17, 15) is 4.79 Å². The van der Waals surface area contributed by atoms with Gasteiger partial charge in [-0.25, -0.2) is 0 Å². The molecule has 0 atom stereocenters. The van der Waals surface area contributed by atoms with E-state index in [1.165, 1.54) is 13.0 Å². The minimum Gasteiger partial charge on any atom is -0.426 e. The van der Waals surface area contributed by atoms with Gasteiger partial charge in [0.05, 0.1) is 6.07 Å². The molecule has 0 aliphatic carbocycles. The van der Waals surface area contributed by atoms with Gasteiger partial charge in [0, 0.05) is 18.6 Å². The van der Waals surface area contributed by atoms with E-state index in [0.29, 0.717) is 11.3 Å². The van der Waals surface area contributed by atoms with Crippen molar-refractivity contribution in [3.8, 4) is 11.8 Å². The van der Waals surface area contributed by atoms with Crippen molar-refractivity contribution in [3.63, 3.8) is 0 Å². The lowest BCUT2D eigenvalue weighted by Crippen LogP contribution is -2.02. The van der Waals surface area contributed by atoms with Gasteiger partial charge in [-0.15, -0.1) is 0 Å². The second kappa shape index (κ2) is 4.83. The molecule has 14 heavy (non-hydrogen) atoms. The quantitative estimate of drug-likeness (QED) is 0.405. The number of ether oxygens (including phenoxy) is 1. The minimum absolute atomic E-state index is 0.372. The monoisotopic (exact) mass is 187 g/mol. The van der Waals surface area contributed by atoms with Gasteiger partial charge in [0.25, 0.3) is 0 Å². The number of nitriles is 1. The average Bonchev–Trinajstić information content (AvgIpc) is 2.16. The zero-order chi connectivity index (χ0) is 10.4. The molecule has 0 radical (unpaired) electrons. The molecule has 1 aromatic rings. The van der Waals surface area contributed by atoms with E-state index in [2.05, 4.69) is 0 Å². The summed E-state index contributed by atoms with van der Waals surface area (Å²) in [6.07, 6.45) is 2.93. The molecule has 0 saturated carbocycles. The molecule has 1 rings (SSSR count). The third-order valence-electron chi connectivity index (χ3n) is 1.51. The van der Waals surface area contributed by atoms with E-state index >= 15 is 0 Å². The van der Waals surface area contributed by atoms with Gasteiger partial charge < -0.3 is 4.74 Å². The van der Waals surface area contributed by atoms with Crippen molar-refractivity contribution < 1.29 is 9.53 Å². The van der Waals surface area contributed by atoms with Crippen molar-refractivity contribution in [3.05, 3.63) is 35.9 Å². The summed E-state index contributed by atoms with van der Waals surface area (Å²) in [6.45, 7) is 1.34. The fourth-order valence-corrected chi connectivity index (χ4v) is 0.993. The number of rotatable bonds is 2. The van der Waals surface area contributed by atoms with Crippen molar-refractivity contribution in [1.29, 1.82) is 5.26 Å². The summed E-state index contributed by atoms with van der Waals surface area (Å²) in [5, 5.41) is 8.36. The molecule has 0 heterocycles. The summed E-state index contributed by atoms with van der Waals surface area (Å²) in [5.41, 5.74) is 0.712. The summed E-state index contributed by atoms with van der Waals surface area (Å²) >= 11 is 0. The lowest BCUT2D eigenvalue weighted by atomic mass is 10.2. The molecule has 0 amide bonds. The molecule has 0 spiro atoms. The lowest BCUT2D eigenvalue weighted by molar-refractivity contribution is -0.131. The molecule has 0 N–H and O–H groups in total. The van der Waals surface area contributed by atoms with Gasteiger partial charge in [-0.1, -0.05) is 18.2 Å². The summed E-state index contributed by atoms with van der Waals surface area (Å²) in [6, 6.07) is 8.90. The highest BCUT2D eigenvalue weighted by Gasteiger charge is 2.01. The van der Waals surface area contributed by atoms with Crippen LogP contribution in [0, 0.1) is 11.3 Å². The standard InChI is InChI=1S/C11H9NO2/c1-9(13)14-11-7-3-2-5-10(11)6-4-8-12/h2-7H,1H3/b6-4+. The molecule has 3 heteroatoms. The molecule has 3 nitrogen and oxygen atoms in total. The van der Waals surface area contributed by atoms with Crippen LogP contribution in [0.5, 0.6) is 5.75 Å². The fraction of sp³-hybridized carbons (Fsp3) is 0.0909. The number of esters is 1. The van der Waals surface area contributed by atoms with Crippen molar-refractivity contribution in [2.75, 3.05) is 0 Å². The Morgan fingerprint density at radius 2 is 2.21 bits per heavy atom. The average molecular weight is 187 g/mol. The van der Waals surface area contributed by atoms with Crippen LogP contribution in [0.3, 0.4) is 0 Å². The van der Waals surface area contributed by atoms with Crippen LogP contribution >= 0.6 is 0 Å². The Morgan fingerprint density at radius 3 is 2.86 bits per heavy atom. The van der Waals surface area contributed by atoms with Crippen LogP contribution in [0.2, 0.25) is 0 Å². The van der Waals surface area contributed by atoms with Crippen LogP contribution in [0.15, 0.2) is 30.3 Å². The Bertz CT molecular complexity index is 402. The van der Waals surface area contributed by atoms with E-state index < -0.39 is 0 Å². The number of hydrogen-bond acceptors (Lipinski definition) is 3. The Morgan fingerprint density at radius 1 is 1.50 bits per heavy atom. The number of carbonyl (C=O) groups is 1. The SMILES string of the molecule is CC(=O)Oc1ccccc1/C=C/C#N. The molecule has 0 aromatic heterocycles. The van der Waals surface area contributed by atoms with Gasteiger partial charge in [0.15, 0.2) is 0 Å². The largest absolute Gasteiger partial charge is 0.426 e. The van der Waals surface area contributed by atoms with E-state index in [-0.39, 0.29) is 5.97 Å². The molecular formula is C11H9NO2. The number of benzene rings is 1. The smallest absolute Gasteiger partial charge is 0.308 e. The second-order valence-electron chi connectivity index (χ2n) is 2.59. The van der Waals surface area contributed by atoms with Crippen LogP contribution < -0.4 is 4.74 Å². The van der Waals surface area contributed by atoms with Crippen molar-refractivity contribution in [2.24, 2.45) is 0 Å². The summed E-state index contributed by atoms with van der Waals surface area (Å²) in [4.78, 5) is 10.7. The number of nitrogens with zero attached hydrogens (tertiary/aromatic N) is 1. The summed E-state index contributed by atoms with van der Waals surface area (Å²) in [5.74, 6) is 0.0920. The highest BCUT2D eigenvalue weighted by atomic mass is 16.5. The summed E-state index contributed by atoms with van der Waals surface area (Å²) < 4.78 is 4.94. The molecule has 1 aromatic carbocycles. The first-order valence-electron chi connectivity index (χ1n) is 4.07. The topological polar surface area (TPSA) is 50.1 Å². The Kier molecular flexibility index (Phi) is 3.45. The highest BCUT2D eigenvalue weighted by Crippen LogP contribution is 2.19. The van der Waals surface area contributed by atoms with Gasteiger partial charge in [-0.3, -0.25) is 4.79 Å². The molecule has 0 fully saturated rings. The van der Waals surface area contributed by atoms with E-state index in [0.717, 1.165) is 0 Å². The minimum atomic E-state index is -0.372. The molecule has 0 aliphatic heterocycles. The van der Waals surface area contributed by atoms with Crippen LogP contribution in [0.25, 0.3) is 6.08 Å². The first kappa shape index (κ1) is 10.0. The third kappa shape index (κ3) is 2.76. The molecule has 0 aliphatic rings. The maximum atomic E-state index is 10.7. The normalized spacial score (nSPS) is 9.71. The fourth-order valence-electron chi connectivity index (χ4n) is 0.993. The van der Waals surface area contributed by atoms with Gasteiger partial charge in [-0.2, -0.15) is 5.26 Å². The number of allylic oxidation sites excluding steroid dienone is 1. The summed E-state index contributed by atoms with van der Waals surface area (Å²) in [7, 11) is 0. The van der Waals surface area contributed by atoms with Crippen LogP contribution in [0.4, 0.5) is 0 Å². The second-order valence-corrected chi connectivity index (χ2v) is 2.59. The number of hydrogen-bond donors (Lipinski definition) is 0. The Labute approximate surface area is 82.2 Å². The predicted octanol–water partition coefficient (Wildman–Crippen LogP) is 2.15. The Hall–Kier alpha value is -2.08. The highest BCUT2D eigenvalue weighted by molar-refractivity contribution is 5.72. The maximum absolute atomic E-state index is 10.7. The maximum Gasteiger partial charge on any atom is 0.308 e.